The molecule has 1 saturated heterocycles. The predicted octanol–water partition coefficient (Wildman–Crippen LogP) is 1.85. The summed E-state index contributed by atoms with van der Waals surface area (Å²) < 4.78 is 0. The van der Waals surface area contributed by atoms with E-state index in [1.807, 2.05) is 0 Å². The molecule has 1 aliphatic rings. The fourth-order valence-corrected chi connectivity index (χ4v) is 2.58. The maximum Gasteiger partial charge on any atom is 0.0182 e. The highest BCUT2D eigenvalue weighted by Gasteiger charge is 2.39. The minimum Gasteiger partial charge on any atom is -0.330 e. The van der Waals surface area contributed by atoms with Crippen molar-refractivity contribution in [3.05, 3.63) is 0 Å². The summed E-state index contributed by atoms with van der Waals surface area (Å²) >= 11 is 0. The first kappa shape index (κ1) is 11.0. The largest absolute Gasteiger partial charge is 0.330 e. The molecule has 0 spiro atoms. The van der Waals surface area contributed by atoms with Crippen LogP contribution in [0.4, 0.5) is 0 Å². The third-order valence-electron chi connectivity index (χ3n) is 3.57. The van der Waals surface area contributed by atoms with E-state index in [9.17, 15) is 0 Å². The van der Waals surface area contributed by atoms with Gasteiger partial charge in [0.2, 0.25) is 0 Å². The molecule has 78 valence electrons. The van der Waals surface area contributed by atoms with Gasteiger partial charge in [-0.1, -0.05) is 6.92 Å². The summed E-state index contributed by atoms with van der Waals surface area (Å²) in [6, 6.07) is 0. The van der Waals surface area contributed by atoms with Crippen molar-refractivity contribution in [2.75, 3.05) is 19.6 Å². The van der Waals surface area contributed by atoms with Gasteiger partial charge in [0.05, 0.1) is 0 Å². The maximum atomic E-state index is 5.63. The maximum absolute atomic E-state index is 5.63. The summed E-state index contributed by atoms with van der Waals surface area (Å²) in [5.41, 5.74) is 6.01. The summed E-state index contributed by atoms with van der Waals surface area (Å²) in [4.78, 5) is 2.62. The Kier molecular flexibility index (Phi) is 3.74. The first-order valence-electron chi connectivity index (χ1n) is 5.58. The topological polar surface area (TPSA) is 29.3 Å². The Balaban J connectivity index is 2.54. The standard InChI is InChI=1S/C11H24N2/c1-4-8-13-9-6-10(5-7-12)11(13,2)3/h10H,4-9,12H2,1-3H3. The van der Waals surface area contributed by atoms with E-state index in [4.69, 9.17) is 5.73 Å². The molecule has 1 rings (SSSR count). The van der Waals surface area contributed by atoms with Crippen molar-refractivity contribution in [1.82, 2.24) is 4.90 Å². The zero-order valence-electron chi connectivity index (χ0n) is 9.34. The number of nitrogens with two attached hydrogens (primary N) is 1. The molecule has 0 bridgehead atoms. The van der Waals surface area contributed by atoms with E-state index in [0.29, 0.717) is 5.54 Å². The minimum absolute atomic E-state index is 0.384. The lowest BCUT2D eigenvalue weighted by Gasteiger charge is -2.36. The van der Waals surface area contributed by atoms with Crippen molar-refractivity contribution in [3.63, 3.8) is 0 Å². The lowest BCUT2D eigenvalue weighted by Crippen LogP contribution is -2.43. The normalized spacial score (nSPS) is 28.2. The molecule has 0 aliphatic carbocycles. The lowest BCUT2D eigenvalue weighted by atomic mass is 9.86. The van der Waals surface area contributed by atoms with E-state index in [1.54, 1.807) is 0 Å². The molecule has 2 nitrogen and oxygen atoms in total. The highest BCUT2D eigenvalue weighted by molar-refractivity contribution is 4.94. The summed E-state index contributed by atoms with van der Waals surface area (Å²) in [5.74, 6) is 0.809. The molecule has 13 heavy (non-hydrogen) atoms. The Bertz CT molecular complexity index is 138. The summed E-state index contributed by atoms with van der Waals surface area (Å²) in [6.07, 6.45) is 3.79. The van der Waals surface area contributed by atoms with Crippen LogP contribution in [0.1, 0.15) is 40.0 Å². The van der Waals surface area contributed by atoms with Gasteiger partial charge in [-0.3, -0.25) is 4.90 Å². The van der Waals surface area contributed by atoms with E-state index in [-0.39, 0.29) is 0 Å². The highest BCUT2D eigenvalue weighted by atomic mass is 15.2. The predicted molar refractivity (Wildman–Crippen MR) is 57.7 cm³/mol. The number of hydrogen-bond donors (Lipinski definition) is 1. The monoisotopic (exact) mass is 184 g/mol. The molecule has 1 heterocycles. The van der Waals surface area contributed by atoms with E-state index >= 15 is 0 Å². The Morgan fingerprint density at radius 3 is 2.69 bits per heavy atom. The van der Waals surface area contributed by atoms with Crippen molar-refractivity contribution in [3.8, 4) is 0 Å². The van der Waals surface area contributed by atoms with E-state index < -0.39 is 0 Å². The Labute approximate surface area is 82.5 Å². The van der Waals surface area contributed by atoms with Crippen molar-refractivity contribution < 1.29 is 0 Å². The smallest absolute Gasteiger partial charge is 0.0182 e. The van der Waals surface area contributed by atoms with Crippen LogP contribution in [-0.4, -0.2) is 30.1 Å². The van der Waals surface area contributed by atoms with Crippen LogP contribution in [0.5, 0.6) is 0 Å². The lowest BCUT2D eigenvalue weighted by molar-refractivity contribution is 0.135. The van der Waals surface area contributed by atoms with Crippen LogP contribution in [0.25, 0.3) is 0 Å². The van der Waals surface area contributed by atoms with Gasteiger partial charge in [-0.25, -0.2) is 0 Å². The summed E-state index contributed by atoms with van der Waals surface area (Å²) in [7, 11) is 0. The number of likely N-dealkylation sites (tertiary alicyclic amines) is 1. The van der Waals surface area contributed by atoms with Crippen LogP contribution >= 0.6 is 0 Å². The molecule has 0 aromatic rings. The Morgan fingerprint density at radius 1 is 1.46 bits per heavy atom. The van der Waals surface area contributed by atoms with E-state index in [0.717, 1.165) is 12.5 Å². The number of hydrogen-bond acceptors (Lipinski definition) is 2. The molecule has 1 aliphatic heterocycles. The quantitative estimate of drug-likeness (QED) is 0.722. The van der Waals surface area contributed by atoms with E-state index in [1.165, 1.54) is 32.4 Å². The third-order valence-corrected chi connectivity index (χ3v) is 3.57. The van der Waals surface area contributed by atoms with Crippen molar-refractivity contribution in [2.24, 2.45) is 11.7 Å². The molecule has 0 saturated carbocycles. The fraction of sp³-hybridized carbons (Fsp3) is 1.00. The van der Waals surface area contributed by atoms with Gasteiger partial charge in [0.15, 0.2) is 0 Å². The summed E-state index contributed by atoms with van der Waals surface area (Å²) in [5, 5.41) is 0. The zero-order valence-corrected chi connectivity index (χ0v) is 9.34. The molecule has 2 heteroatoms. The Morgan fingerprint density at radius 2 is 2.15 bits per heavy atom. The molecule has 2 N–H and O–H groups in total. The number of rotatable bonds is 4. The second kappa shape index (κ2) is 4.43. The van der Waals surface area contributed by atoms with Gasteiger partial charge >= 0.3 is 0 Å². The fourth-order valence-electron chi connectivity index (χ4n) is 2.58. The van der Waals surface area contributed by atoms with Crippen LogP contribution in [0.2, 0.25) is 0 Å². The van der Waals surface area contributed by atoms with Gasteiger partial charge in [-0.15, -0.1) is 0 Å². The molecule has 0 aromatic heterocycles. The van der Waals surface area contributed by atoms with Crippen molar-refractivity contribution in [2.45, 2.75) is 45.6 Å². The van der Waals surface area contributed by atoms with Gasteiger partial charge in [-0.05, 0) is 58.7 Å². The van der Waals surface area contributed by atoms with Crippen LogP contribution in [0, 0.1) is 5.92 Å². The van der Waals surface area contributed by atoms with Gasteiger partial charge in [0, 0.05) is 5.54 Å². The molecule has 1 fully saturated rings. The first-order valence-corrected chi connectivity index (χ1v) is 5.58. The Hall–Kier alpha value is -0.0800. The molecular formula is C11H24N2. The molecular weight excluding hydrogens is 160 g/mol. The van der Waals surface area contributed by atoms with Gasteiger partial charge < -0.3 is 5.73 Å². The first-order chi connectivity index (χ1) is 6.12. The molecule has 1 unspecified atom stereocenters. The van der Waals surface area contributed by atoms with Gasteiger partial charge in [0.25, 0.3) is 0 Å². The molecule has 1 atom stereocenters. The minimum atomic E-state index is 0.384. The average molecular weight is 184 g/mol. The van der Waals surface area contributed by atoms with Crippen LogP contribution < -0.4 is 5.73 Å². The van der Waals surface area contributed by atoms with Crippen LogP contribution in [0.3, 0.4) is 0 Å². The third kappa shape index (κ3) is 2.23. The molecule has 0 aromatic carbocycles. The van der Waals surface area contributed by atoms with Crippen molar-refractivity contribution in [1.29, 1.82) is 0 Å². The molecule has 0 amide bonds. The van der Waals surface area contributed by atoms with Gasteiger partial charge in [-0.2, -0.15) is 0 Å². The molecule has 0 radical (unpaired) electrons. The van der Waals surface area contributed by atoms with Crippen LogP contribution in [-0.2, 0) is 0 Å². The second-order valence-electron chi connectivity index (χ2n) is 4.70. The van der Waals surface area contributed by atoms with Crippen molar-refractivity contribution >= 4 is 0 Å². The average Bonchev–Trinajstić information content (AvgIpc) is 2.33. The highest BCUT2D eigenvalue weighted by Crippen LogP contribution is 2.36. The second-order valence-corrected chi connectivity index (χ2v) is 4.70. The van der Waals surface area contributed by atoms with E-state index in [2.05, 4.69) is 25.7 Å². The van der Waals surface area contributed by atoms with Crippen LogP contribution in [0.15, 0.2) is 0 Å². The zero-order chi connectivity index (χ0) is 9.90. The SMILES string of the molecule is CCCN1CCC(CCN)C1(C)C. The number of nitrogens with zero attached hydrogens (tertiary/aromatic N) is 1. The van der Waals surface area contributed by atoms with Gasteiger partial charge in [0.1, 0.15) is 0 Å². The summed E-state index contributed by atoms with van der Waals surface area (Å²) in [6.45, 7) is 10.4.